The van der Waals surface area contributed by atoms with E-state index < -0.39 is 0 Å². The maximum atomic E-state index is 13.5. The number of hydrogen-bond acceptors (Lipinski definition) is 6. The van der Waals surface area contributed by atoms with Crippen LogP contribution in [0.5, 0.6) is 0 Å². The fourth-order valence-corrected chi connectivity index (χ4v) is 5.35. The van der Waals surface area contributed by atoms with Crippen molar-refractivity contribution in [2.45, 2.75) is 38.9 Å². The number of benzene rings is 2. The Hall–Kier alpha value is -3.43. The van der Waals surface area contributed by atoms with Gasteiger partial charge >= 0.3 is 6.09 Å². The maximum Gasteiger partial charge on any atom is 0.409 e. The molecule has 0 atom stereocenters. The quantitative estimate of drug-likeness (QED) is 0.646. The average Bonchev–Trinajstić information content (AvgIpc) is 3.27. The van der Waals surface area contributed by atoms with E-state index in [1.165, 1.54) is 5.56 Å². The lowest BCUT2D eigenvalue weighted by Gasteiger charge is -2.36. The molecule has 5 rings (SSSR count). The predicted molar refractivity (Wildman–Crippen MR) is 138 cm³/mol. The molecule has 0 radical (unpaired) electrons. The summed E-state index contributed by atoms with van der Waals surface area (Å²) in [5, 5.41) is 2.96. The van der Waals surface area contributed by atoms with Gasteiger partial charge in [0.15, 0.2) is 0 Å². The van der Waals surface area contributed by atoms with Gasteiger partial charge < -0.3 is 24.6 Å². The van der Waals surface area contributed by atoms with Gasteiger partial charge in [0, 0.05) is 51.0 Å². The van der Waals surface area contributed by atoms with Crippen LogP contribution in [-0.4, -0.2) is 84.6 Å². The van der Waals surface area contributed by atoms with Crippen molar-refractivity contribution in [3.05, 3.63) is 64.7 Å². The van der Waals surface area contributed by atoms with Crippen molar-refractivity contribution in [2.24, 2.45) is 0 Å². The summed E-state index contributed by atoms with van der Waals surface area (Å²) in [6, 6.07) is 13.3. The zero-order chi connectivity index (χ0) is 25.8. The molecule has 3 aliphatic heterocycles. The number of fused-ring (bicyclic) bond motifs is 1. The highest BCUT2D eigenvalue weighted by Crippen LogP contribution is 2.31. The van der Waals surface area contributed by atoms with Crippen LogP contribution in [0, 0.1) is 0 Å². The summed E-state index contributed by atoms with van der Waals surface area (Å²) >= 11 is 0. The van der Waals surface area contributed by atoms with Gasteiger partial charge in [0.2, 0.25) is 0 Å². The molecular formula is C28H34N4O5. The molecule has 9 nitrogen and oxygen atoms in total. The van der Waals surface area contributed by atoms with Gasteiger partial charge in [-0.2, -0.15) is 0 Å². The number of carbonyl (C=O) groups excluding carboxylic acids is 3. The lowest BCUT2D eigenvalue weighted by Crippen LogP contribution is -2.47. The Balaban J connectivity index is 1.22. The van der Waals surface area contributed by atoms with Crippen molar-refractivity contribution in [3.63, 3.8) is 0 Å². The smallest absolute Gasteiger partial charge is 0.409 e. The number of anilines is 1. The Morgan fingerprint density at radius 3 is 2.46 bits per heavy atom. The number of ether oxygens (including phenoxy) is 2. The number of hydrogen-bond donors (Lipinski definition) is 1. The minimum Gasteiger partial charge on any atom is -0.450 e. The van der Waals surface area contributed by atoms with Crippen LogP contribution < -0.4 is 5.32 Å². The van der Waals surface area contributed by atoms with Crippen molar-refractivity contribution < 1.29 is 23.9 Å². The van der Waals surface area contributed by atoms with Crippen molar-refractivity contribution >= 4 is 23.6 Å². The van der Waals surface area contributed by atoms with Gasteiger partial charge in [-0.05, 0) is 49.1 Å². The van der Waals surface area contributed by atoms with E-state index in [2.05, 4.69) is 10.2 Å². The molecule has 2 fully saturated rings. The maximum absolute atomic E-state index is 13.5. The van der Waals surface area contributed by atoms with E-state index in [1.54, 1.807) is 17.9 Å². The molecule has 3 aliphatic rings. The molecule has 196 valence electrons. The van der Waals surface area contributed by atoms with E-state index in [9.17, 15) is 14.4 Å². The summed E-state index contributed by atoms with van der Waals surface area (Å²) < 4.78 is 10.5. The minimum atomic E-state index is -0.301. The minimum absolute atomic E-state index is 0.0282. The van der Waals surface area contributed by atoms with Crippen LogP contribution in [0.3, 0.4) is 0 Å². The zero-order valence-corrected chi connectivity index (χ0v) is 21.3. The van der Waals surface area contributed by atoms with E-state index in [4.69, 9.17) is 9.47 Å². The van der Waals surface area contributed by atoms with Gasteiger partial charge in [0.1, 0.15) is 0 Å². The fourth-order valence-electron chi connectivity index (χ4n) is 5.35. The van der Waals surface area contributed by atoms with Crippen LogP contribution in [0.4, 0.5) is 10.5 Å². The predicted octanol–water partition coefficient (Wildman–Crippen LogP) is 3.35. The second kappa shape index (κ2) is 11.3. The summed E-state index contributed by atoms with van der Waals surface area (Å²) in [7, 11) is 0. The highest BCUT2D eigenvalue weighted by molar-refractivity contribution is 6.13. The van der Waals surface area contributed by atoms with E-state index >= 15 is 0 Å². The van der Waals surface area contributed by atoms with E-state index in [-0.39, 0.29) is 23.9 Å². The van der Waals surface area contributed by atoms with Crippen molar-refractivity contribution in [3.8, 4) is 0 Å². The largest absolute Gasteiger partial charge is 0.450 e. The van der Waals surface area contributed by atoms with Crippen molar-refractivity contribution in [2.75, 3.05) is 51.3 Å². The number of carbonyl (C=O) groups is 3. The van der Waals surface area contributed by atoms with Crippen LogP contribution in [-0.2, 0) is 22.6 Å². The highest BCUT2D eigenvalue weighted by Gasteiger charge is 2.37. The highest BCUT2D eigenvalue weighted by atomic mass is 16.6. The standard InChI is InChI=1S/C28H34N4O5/c1-2-37-28(35)31-12-10-23(11-13-31)32-19-21-4-3-5-24(25(21)27(32)34)26(33)29-22-8-6-20(7-9-22)18-30-14-16-36-17-15-30/h3-9,23H,2,10-19H2,1H3,(H,29,33). The van der Waals surface area contributed by atoms with Crippen LogP contribution in [0.2, 0.25) is 0 Å². The summed E-state index contributed by atoms with van der Waals surface area (Å²) in [6.07, 6.45) is 1.08. The normalized spacial score (nSPS) is 18.6. The molecule has 3 amide bonds. The first-order valence-corrected chi connectivity index (χ1v) is 13.1. The third-order valence-electron chi connectivity index (χ3n) is 7.36. The van der Waals surface area contributed by atoms with Crippen LogP contribution in [0.15, 0.2) is 42.5 Å². The Labute approximate surface area is 217 Å². The van der Waals surface area contributed by atoms with Gasteiger partial charge in [0.05, 0.1) is 30.9 Å². The first-order chi connectivity index (χ1) is 18.0. The van der Waals surface area contributed by atoms with Crippen LogP contribution in [0.25, 0.3) is 0 Å². The van der Waals surface area contributed by atoms with E-state index in [1.807, 2.05) is 41.3 Å². The number of nitrogens with zero attached hydrogens (tertiary/aromatic N) is 3. The Morgan fingerprint density at radius 2 is 1.76 bits per heavy atom. The van der Waals surface area contributed by atoms with Crippen LogP contribution >= 0.6 is 0 Å². The van der Waals surface area contributed by atoms with Crippen molar-refractivity contribution in [1.82, 2.24) is 14.7 Å². The number of piperidine rings is 1. The molecule has 3 heterocycles. The second-order valence-electron chi connectivity index (χ2n) is 9.73. The second-order valence-corrected chi connectivity index (χ2v) is 9.73. The Morgan fingerprint density at radius 1 is 1.03 bits per heavy atom. The van der Waals surface area contributed by atoms with Crippen molar-refractivity contribution in [1.29, 1.82) is 0 Å². The number of nitrogens with one attached hydrogen (secondary N) is 1. The van der Waals surface area contributed by atoms with E-state index in [0.717, 1.165) is 38.4 Å². The lowest BCUT2D eigenvalue weighted by molar-refractivity contribution is 0.0342. The van der Waals surface area contributed by atoms with Gasteiger partial charge in [0.25, 0.3) is 11.8 Å². The zero-order valence-electron chi connectivity index (χ0n) is 21.3. The van der Waals surface area contributed by atoms with E-state index in [0.29, 0.717) is 55.9 Å². The number of amides is 3. The number of likely N-dealkylation sites (tertiary alicyclic amines) is 1. The first-order valence-electron chi connectivity index (χ1n) is 13.1. The number of rotatable bonds is 6. The van der Waals surface area contributed by atoms with Crippen LogP contribution in [0.1, 0.15) is 51.6 Å². The third kappa shape index (κ3) is 5.62. The molecule has 0 spiro atoms. The molecule has 1 N–H and O–H groups in total. The van der Waals surface area contributed by atoms with Gasteiger partial charge in [-0.1, -0.05) is 24.3 Å². The molecule has 0 aliphatic carbocycles. The van der Waals surface area contributed by atoms with Gasteiger partial charge in [-0.25, -0.2) is 4.79 Å². The summed E-state index contributed by atoms with van der Waals surface area (Å²) in [5.41, 5.74) is 3.62. The first kappa shape index (κ1) is 25.2. The topological polar surface area (TPSA) is 91.4 Å². The summed E-state index contributed by atoms with van der Waals surface area (Å²) in [4.78, 5) is 44.6. The molecule has 2 saturated heterocycles. The Kier molecular flexibility index (Phi) is 7.71. The molecule has 0 saturated carbocycles. The third-order valence-corrected chi connectivity index (χ3v) is 7.36. The average molecular weight is 507 g/mol. The molecule has 0 unspecified atom stereocenters. The molecule has 0 bridgehead atoms. The molecule has 9 heteroatoms. The Bertz CT molecular complexity index is 1140. The number of morpholine rings is 1. The van der Waals surface area contributed by atoms with Gasteiger partial charge in [-0.3, -0.25) is 14.5 Å². The molecule has 2 aromatic carbocycles. The lowest BCUT2D eigenvalue weighted by atomic mass is 10.0. The summed E-state index contributed by atoms with van der Waals surface area (Å²) in [6.45, 7) is 7.96. The molecule has 37 heavy (non-hydrogen) atoms. The fraction of sp³-hybridized carbons (Fsp3) is 0.464. The summed E-state index contributed by atoms with van der Waals surface area (Å²) in [5.74, 6) is -0.402. The molecular weight excluding hydrogens is 472 g/mol. The monoisotopic (exact) mass is 506 g/mol. The molecule has 2 aromatic rings. The SMILES string of the molecule is CCOC(=O)N1CCC(N2Cc3cccc(C(=O)Nc4ccc(CN5CCOCC5)cc4)c3C2=O)CC1. The van der Waals surface area contributed by atoms with Gasteiger partial charge in [-0.15, -0.1) is 0 Å². The molecule has 0 aromatic heterocycles.